The Kier molecular flexibility index (Phi) is 4.99. The Labute approximate surface area is 98.0 Å². The maximum Gasteiger partial charge on any atom is 0.0772 e. The highest BCUT2D eigenvalue weighted by molar-refractivity contribution is 9.10. The number of halogens is 1. The zero-order valence-corrected chi connectivity index (χ0v) is 10.9. The van der Waals surface area contributed by atoms with E-state index in [-0.39, 0.29) is 0 Å². The molecule has 1 atom stereocenters. The molecular weight excluding hydrogens is 260 g/mol. The third-order valence-corrected chi connectivity index (χ3v) is 3.78. The summed E-state index contributed by atoms with van der Waals surface area (Å²) in [4.78, 5) is 1.25. The quantitative estimate of drug-likeness (QED) is 0.838. The molecule has 0 amide bonds. The number of rotatable bonds is 4. The summed E-state index contributed by atoms with van der Waals surface area (Å²) in [7, 11) is 0. The van der Waals surface area contributed by atoms with Gasteiger partial charge in [-0.05, 0) is 36.8 Å². The number of aliphatic hydroxyl groups is 1. The van der Waals surface area contributed by atoms with Crippen LogP contribution in [0.5, 0.6) is 0 Å². The Morgan fingerprint density at radius 2 is 2.21 bits per heavy atom. The van der Waals surface area contributed by atoms with Crippen LogP contribution in [-0.4, -0.2) is 10.9 Å². The molecule has 0 heterocycles. The predicted octanol–water partition coefficient (Wildman–Crippen LogP) is 4.00. The van der Waals surface area contributed by atoms with Gasteiger partial charge in [0.2, 0.25) is 0 Å². The summed E-state index contributed by atoms with van der Waals surface area (Å²) in [5, 5.41) is 9.43. The molecule has 0 saturated carbocycles. The van der Waals surface area contributed by atoms with Gasteiger partial charge in [0, 0.05) is 9.37 Å². The van der Waals surface area contributed by atoms with Crippen molar-refractivity contribution in [1.82, 2.24) is 0 Å². The second-order valence-electron chi connectivity index (χ2n) is 3.21. The first-order valence-electron chi connectivity index (χ1n) is 4.75. The first-order chi connectivity index (χ1) is 6.65. The average molecular weight is 275 g/mol. The zero-order chi connectivity index (χ0) is 10.6. The van der Waals surface area contributed by atoms with E-state index in [0.29, 0.717) is 0 Å². The minimum absolute atomic E-state index is 0.408. The average Bonchev–Trinajstić information content (AvgIpc) is 2.14. The van der Waals surface area contributed by atoms with Crippen LogP contribution in [0.2, 0.25) is 0 Å². The van der Waals surface area contributed by atoms with Crippen LogP contribution < -0.4 is 0 Å². The summed E-state index contributed by atoms with van der Waals surface area (Å²) in [5.41, 5.74) is 0.950. The van der Waals surface area contributed by atoms with E-state index in [4.69, 9.17) is 0 Å². The van der Waals surface area contributed by atoms with Crippen LogP contribution in [-0.2, 0) is 0 Å². The number of benzene rings is 1. The standard InChI is InChI=1S/C11H15BrOS/c1-3-6-14-9-4-5-10(8(2)13)11(12)7-9/h4-5,7-8,13H,3,6H2,1-2H3/t8-/m1/s1. The van der Waals surface area contributed by atoms with Crippen molar-refractivity contribution < 1.29 is 5.11 Å². The lowest BCUT2D eigenvalue weighted by atomic mass is 10.1. The second-order valence-corrected chi connectivity index (χ2v) is 5.23. The first-order valence-corrected chi connectivity index (χ1v) is 6.53. The van der Waals surface area contributed by atoms with Gasteiger partial charge in [0.05, 0.1) is 6.10 Å². The minimum atomic E-state index is -0.408. The van der Waals surface area contributed by atoms with Gasteiger partial charge in [-0.15, -0.1) is 11.8 Å². The van der Waals surface area contributed by atoms with Gasteiger partial charge >= 0.3 is 0 Å². The molecule has 78 valence electrons. The monoisotopic (exact) mass is 274 g/mol. The molecule has 1 aromatic carbocycles. The molecule has 0 unspecified atom stereocenters. The van der Waals surface area contributed by atoms with Crippen molar-refractivity contribution >= 4 is 27.7 Å². The summed E-state index contributed by atoms with van der Waals surface area (Å²) < 4.78 is 0.994. The molecule has 0 aliphatic carbocycles. The van der Waals surface area contributed by atoms with E-state index in [9.17, 15) is 5.11 Å². The fraction of sp³-hybridized carbons (Fsp3) is 0.455. The van der Waals surface area contributed by atoms with Gasteiger partial charge in [-0.2, -0.15) is 0 Å². The number of hydrogen-bond acceptors (Lipinski definition) is 2. The highest BCUT2D eigenvalue weighted by Gasteiger charge is 2.06. The normalized spacial score (nSPS) is 12.9. The van der Waals surface area contributed by atoms with Crippen LogP contribution >= 0.6 is 27.7 Å². The Bertz CT molecular complexity index is 299. The maximum absolute atomic E-state index is 9.43. The molecule has 14 heavy (non-hydrogen) atoms. The van der Waals surface area contributed by atoms with E-state index in [1.807, 2.05) is 17.8 Å². The fourth-order valence-corrected chi connectivity index (χ4v) is 2.82. The van der Waals surface area contributed by atoms with Crippen LogP contribution in [0.1, 0.15) is 31.9 Å². The van der Waals surface area contributed by atoms with E-state index in [0.717, 1.165) is 15.8 Å². The third kappa shape index (κ3) is 3.30. The van der Waals surface area contributed by atoms with Crippen molar-refractivity contribution in [3.05, 3.63) is 28.2 Å². The molecule has 1 nitrogen and oxygen atoms in total. The molecule has 0 aliphatic rings. The second kappa shape index (κ2) is 5.79. The molecule has 1 rings (SSSR count). The van der Waals surface area contributed by atoms with Crippen molar-refractivity contribution in [2.75, 3.05) is 5.75 Å². The lowest BCUT2D eigenvalue weighted by Crippen LogP contribution is -1.92. The lowest BCUT2D eigenvalue weighted by Gasteiger charge is -2.09. The zero-order valence-electron chi connectivity index (χ0n) is 8.46. The molecule has 3 heteroatoms. The minimum Gasteiger partial charge on any atom is -0.389 e. The first kappa shape index (κ1) is 12.1. The van der Waals surface area contributed by atoms with Crippen LogP contribution in [0.15, 0.2) is 27.6 Å². The van der Waals surface area contributed by atoms with Crippen molar-refractivity contribution in [1.29, 1.82) is 0 Å². The largest absolute Gasteiger partial charge is 0.389 e. The highest BCUT2D eigenvalue weighted by Crippen LogP contribution is 2.28. The van der Waals surface area contributed by atoms with E-state index >= 15 is 0 Å². The lowest BCUT2D eigenvalue weighted by molar-refractivity contribution is 0.198. The van der Waals surface area contributed by atoms with Crippen molar-refractivity contribution in [2.45, 2.75) is 31.3 Å². The predicted molar refractivity (Wildman–Crippen MR) is 65.8 cm³/mol. The SMILES string of the molecule is CCCSc1ccc([C@@H](C)O)c(Br)c1. The Morgan fingerprint density at radius 1 is 1.50 bits per heavy atom. The molecule has 0 aromatic heterocycles. The van der Waals surface area contributed by atoms with E-state index in [1.54, 1.807) is 6.92 Å². The van der Waals surface area contributed by atoms with Gasteiger partial charge in [0.25, 0.3) is 0 Å². The number of thioether (sulfide) groups is 1. The molecule has 1 N–H and O–H groups in total. The van der Waals surface area contributed by atoms with Gasteiger partial charge < -0.3 is 5.11 Å². The van der Waals surface area contributed by atoms with Crippen molar-refractivity contribution in [2.24, 2.45) is 0 Å². The van der Waals surface area contributed by atoms with Crippen LogP contribution in [0.25, 0.3) is 0 Å². The van der Waals surface area contributed by atoms with Crippen molar-refractivity contribution in [3.63, 3.8) is 0 Å². The molecule has 0 fully saturated rings. The fourth-order valence-electron chi connectivity index (χ4n) is 1.16. The van der Waals surface area contributed by atoms with Gasteiger partial charge in [-0.1, -0.05) is 28.9 Å². The molecular formula is C11H15BrOS. The molecule has 0 radical (unpaired) electrons. The third-order valence-electron chi connectivity index (χ3n) is 1.89. The summed E-state index contributed by atoms with van der Waals surface area (Å²) in [6, 6.07) is 6.11. The highest BCUT2D eigenvalue weighted by atomic mass is 79.9. The van der Waals surface area contributed by atoms with Gasteiger partial charge in [-0.25, -0.2) is 0 Å². The maximum atomic E-state index is 9.43. The molecule has 0 saturated heterocycles. The van der Waals surface area contributed by atoms with E-state index < -0.39 is 6.10 Å². The Balaban J connectivity index is 2.78. The smallest absolute Gasteiger partial charge is 0.0772 e. The Hall–Kier alpha value is 0.01000. The van der Waals surface area contributed by atoms with Gasteiger partial charge in [0.1, 0.15) is 0 Å². The summed E-state index contributed by atoms with van der Waals surface area (Å²) in [6.45, 7) is 3.95. The number of aliphatic hydroxyl groups excluding tert-OH is 1. The summed E-state index contributed by atoms with van der Waals surface area (Å²) >= 11 is 5.31. The van der Waals surface area contributed by atoms with Gasteiger partial charge in [-0.3, -0.25) is 0 Å². The summed E-state index contributed by atoms with van der Waals surface area (Å²) in [5.74, 6) is 1.14. The van der Waals surface area contributed by atoms with Crippen LogP contribution in [0, 0.1) is 0 Å². The van der Waals surface area contributed by atoms with Gasteiger partial charge in [0.15, 0.2) is 0 Å². The van der Waals surface area contributed by atoms with Crippen molar-refractivity contribution in [3.8, 4) is 0 Å². The Morgan fingerprint density at radius 3 is 2.71 bits per heavy atom. The molecule has 0 bridgehead atoms. The number of hydrogen-bond donors (Lipinski definition) is 1. The summed E-state index contributed by atoms with van der Waals surface area (Å²) in [6.07, 6.45) is 0.773. The molecule has 0 spiro atoms. The van der Waals surface area contributed by atoms with Crippen LogP contribution in [0.4, 0.5) is 0 Å². The topological polar surface area (TPSA) is 20.2 Å². The van der Waals surface area contributed by atoms with Crippen LogP contribution in [0.3, 0.4) is 0 Å². The van der Waals surface area contributed by atoms with E-state index in [2.05, 4.69) is 35.0 Å². The van der Waals surface area contributed by atoms with E-state index in [1.165, 1.54) is 11.3 Å². The molecule has 1 aromatic rings. The molecule has 0 aliphatic heterocycles.